The molecule has 0 aromatic heterocycles. The Labute approximate surface area is 101 Å². The van der Waals surface area contributed by atoms with Crippen molar-refractivity contribution in [2.24, 2.45) is 0 Å². The van der Waals surface area contributed by atoms with Crippen LogP contribution in [-0.4, -0.2) is 32.5 Å². The van der Waals surface area contributed by atoms with Crippen LogP contribution >= 0.6 is 0 Å². The number of benzene rings is 1. The molecular weight excluding hydrogens is 218 g/mol. The first kappa shape index (κ1) is 10.9. The van der Waals surface area contributed by atoms with Gasteiger partial charge in [-0.25, -0.2) is 0 Å². The molecule has 0 aliphatic carbocycles. The Kier molecular flexibility index (Phi) is 3.16. The van der Waals surface area contributed by atoms with E-state index < -0.39 is 0 Å². The molecule has 0 bridgehead atoms. The van der Waals surface area contributed by atoms with Crippen LogP contribution in [0.3, 0.4) is 0 Å². The summed E-state index contributed by atoms with van der Waals surface area (Å²) in [5.41, 5.74) is 1.22. The molecule has 2 aliphatic heterocycles. The van der Waals surface area contributed by atoms with Gasteiger partial charge in [0.1, 0.15) is 13.2 Å². The Morgan fingerprint density at radius 3 is 2.82 bits per heavy atom. The number of hydrogen-bond donors (Lipinski definition) is 1. The van der Waals surface area contributed by atoms with Crippen LogP contribution in [0.5, 0.6) is 11.5 Å². The van der Waals surface area contributed by atoms with Crippen LogP contribution in [0.25, 0.3) is 0 Å². The molecule has 1 fully saturated rings. The summed E-state index contributed by atoms with van der Waals surface area (Å²) < 4.78 is 16.4. The Morgan fingerprint density at radius 1 is 1.12 bits per heavy atom. The molecule has 3 rings (SSSR count). The van der Waals surface area contributed by atoms with Gasteiger partial charge in [-0.1, -0.05) is 6.07 Å². The van der Waals surface area contributed by atoms with Crippen molar-refractivity contribution in [2.75, 3.05) is 26.4 Å². The van der Waals surface area contributed by atoms with E-state index in [4.69, 9.17) is 14.2 Å². The minimum Gasteiger partial charge on any atom is -0.486 e. The Bertz CT molecular complexity index is 388. The van der Waals surface area contributed by atoms with E-state index in [0.717, 1.165) is 37.7 Å². The average Bonchev–Trinajstić information content (AvgIpc) is 2.89. The fourth-order valence-corrected chi connectivity index (χ4v) is 2.16. The van der Waals surface area contributed by atoms with E-state index in [1.165, 1.54) is 5.56 Å². The van der Waals surface area contributed by atoms with E-state index in [2.05, 4.69) is 17.4 Å². The zero-order chi connectivity index (χ0) is 11.5. The quantitative estimate of drug-likeness (QED) is 0.858. The first-order valence-corrected chi connectivity index (χ1v) is 6.11. The molecule has 1 N–H and O–H groups in total. The maximum absolute atomic E-state index is 5.56. The molecule has 1 atom stereocenters. The number of ether oxygens (including phenoxy) is 3. The lowest BCUT2D eigenvalue weighted by atomic mass is 10.1. The molecule has 4 heteroatoms. The predicted octanol–water partition coefficient (Wildman–Crippen LogP) is 1.34. The summed E-state index contributed by atoms with van der Waals surface area (Å²) >= 11 is 0. The molecule has 1 aromatic rings. The van der Waals surface area contributed by atoms with Crippen molar-refractivity contribution in [1.82, 2.24) is 5.32 Å². The van der Waals surface area contributed by atoms with Crippen LogP contribution in [0.4, 0.5) is 0 Å². The van der Waals surface area contributed by atoms with E-state index in [1.807, 2.05) is 6.07 Å². The monoisotopic (exact) mass is 235 g/mol. The van der Waals surface area contributed by atoms with E-state index in [0.29, 0.717) is 19.3 Å². The van der Waals surface area contributed by atoms with Gasteiger partial charge in [-0.3, -0.25) is 0 Å². The molecule has 0 saturated carbocycles. The maximum Gasteiger partial charge on any atom is 0.161 e. The minimum atomic E-state index is 0.489. The average molecular weight is 235 g/mol. The van der Waals surface area contributed by atoms with Crippen molar-refractivity contribution in [3.63, 3.8) is 0 Å². The molecule has 4 nitrogen and oxygen atoms in total. The molecule has 1 unspecified atom stereocenters. The van der Waals surface area contributed by atoms with Crippen molar-refractivity contribution in [2.45, 2.75) is 19.0 Å². The molecule has 2 aliphatic rings. The van der Waals surface area contributed by atoms with Crippen LogP contribution < -0.4 is 14.8 Å². The van der Waals surface area contributed by atoms with Gasteiger partial charge < -0.3 is 19.5 Å². The number of hydrogen-bond acceptors (Lipinski definition) is 4. The highest BCUT2D eigenvalue weighted by atomic mass is 16.6. The zero-order valence-electron chi connectivity index (χ0n) is 9.78. The summed E-state index contributed by atoms with van der Waals surface area (Å²) in [5.74, 6) is 1.71. The first-order chi connectivity index (χ1) is 8.42. The third kappa shape index (κ3) is 2.53. The Hall–Kier alpha value is -1.26. The van der Waals surface area contributed by atoms with Gasteiger partial charge in [-0.2, -0.15) is 0 Å². The summed E-state index contributed by atoms with van der Waals surface area (Å²) in [4.78, 5) is 0. The largest absolute Gasteiger partial charge is 0.486 e. The fourth-order valence-electron chi connectivity index (χ4n) is 2.16. The van der Waals surface area contributed by atoms with Gasteiger partial charge in [0.25, 0.3) is 0 Å². The number of fused-ring (bicyclic) bond motifs is 1. The zero-order valence-corrected chi connectivity index (χ0v) is 9.78. The molecule has 0 amide bonds. The normalized spacial score (nSPS) is 22.7. The second kappa shape index (κ2) is 4.94. The lowest BCUT2D eigenvalue weighted by Gasteiger charge is -2.19. The van der Waals surface area contributed by atoms with Crippen LogP contribution in [0.2, 0.25) is 0 Å². The highest BCUT2D eigenvalue weighted by Crippen LogP contribution is 2.30. The van der Waals surface area contributed by atoms with Crippen molar-refractivity contribution in [3.05, 3.63) is 23.8 Å². The van der Waals surface area contributed by atoms with Crippen LogP contribution in [0.15, 0.2) is 18.2 Å². The molecule has 17 heavy (non-hydrogen) atoms. The summed E-state index contributed by atoms with van der Waals surface area (Å²) in [6, 6.07) is 6.60. The van der Waals surface area contributed by atoms with Gasteiger partial charge in [0, 0.05) is 19.2 Å². The summed E-state index contributed by atoms with van der Waals surface area (Å²) in [6.07, 6.45) is 1.10. The third-order valence-electron chi connectivity index (χ3n) is 3.13. The van der Waals surface area contributed by atoms with E-state index >= 15 is 0 Å². The molecular formula is C13H17NO3. The highest BCUT2D eigenvalue weighted by molar-refractivity contribution is 5.43. The van der Waals surface area contributed by atoms with Crippen molar-refractivity contribution >= 4 is 0 Å². The second-order valence-electron chi connectivity index (χ2n) is 4.42. The standard InChI is InChI=1S/C13H17NO3/c1-2-12-13(17-6-5-16-12)7-10(1)8-14-11-3-4-15-9-11/h1-2,7,11,14H,3-6,8-9H2. The van der Waals surface area contributed by atoms with E-state index in [-0.39, 0.29) is 0 Å². The molecule has 1 saturated heterocycles. The Morgan fingerprint density at radius 2 is 2.00 bits per heavy atom. The van der Waals surface area contributed by atoms with Crippen molar-refractivity contribution in [3.8, 4) is 11.5 Å². The molecule has 1 aromatic carbocycles. The van der Waals surface area contributed by atoms with Gasteiger partial charge in [0.2, 0.25) is 0 Å². The second-order valence-corrected chi connectivity index (χ2v) is 4.42. The number of nitrogens with one attached hydrogen (secondary N) is 1. The van der Waals surface area contributed by atoms with Crippen molar-refractivity contribution in [1.29, 1.82) is 0 Å². The van der Waals surface area contributed by atoms with Crippen LogP contribution in [0, 0.1) is 0 Å². The summed E-state index contributed by atoms with van der Waals surface area (Å²) in [5, 5.41) is 3.48. The summed E-state index contributed by atoms with van der Waals surface area (Å²) in [6.45, 7) is 3.83. The summed E-state index contributed by atoms with van der Waals surface area (Å²) in [7, 11) is 0. The first-order valence-electron chi connectivity index (χ1n) is 6.11. The van der Waals surface area contributed by atoms with Gasteiger partial charge in [0.05, 0.1) is 6.61 Å². The SMILES string of the molecule is c1cc2c(cc1CNC1CCOC1)OCCO2. The fraction of sp³-hybridized carbons (Fsp3) is 0.538. The van der Waals surface area contributed by atoms with E-state index in [1.54, 1.807) is 0 Å². The lowest BCUT2D eigenvalue weighted by Crippen LogP contribution is -2.28. The Balaban J connectivity index is 1.62. The highest BCUT2D eigenvalue weighted by Gasteiger charge is 2.15. The minimum absolute atomic E-state index is 0.489. The number of rotatable bonds is 3. The van der Waals surface area contributed by atoms with Gasteiger partial charge in [-0.15, -0.1) is 0 Å². The van der Waals surface area contributed by atoms with Gasteiger partial charge in [0.15, 0.2) is 11.5 Å². The third-order valence-corrected chi connectivity index (χ3v) is 3.13. The predicted molar refractivity (Wildman–Crippen MR) is 63.5 cm³/mol. The van der Waals surface area contributed by atoms with Crippen LogP contribution in [-0.2, 0) is 11.3 Å². The van der Waals surface area contributed by atoms with Gasteiger partial charge in [-0.05, 0) is 24.1 Å². The van der Waals surface area contributed by atoms with E-state index in [9.17, 15) is 0 Å². The topological polar surface area (TPSA) is 39.7 Å². The van der Waals surface area contributed by atoms with Crippen molar-refractivity contribution < 1.29 is 14.2 Å². The molecule has 2 heterocycles. The molecule has 0 spiro atoms. The lowest BCUT2D eigenvalue weighted by molar-refractivity contribution is 0.171. The maximum atomic E-state index is 5.56. The molecule has 92 valence electrons. The van der Waals surface area contributed by atoms with Gasteiger partial charge >= 0.3 is 0 Å². The smallest absolute Gasteiger partial charge is 0.161 e. The van der Waals surface area contributed by atoms with Crippen LogP contribution in [0.1, 0.15) is 12.0 Å². The molecule has 0 radical (unpaired) electrons.